The third kappa shape index (κ3) is 4.04. The van der Waals surface area contributed by atoms with Gasteiger partial charge < -0.3 is 19.9 Å². The number of para-hydroxylation sites is 1. The molecule has 1 fully saturated rings. The standard InChI is InChI=1S/C22H31N3O2/c1-27-15-5-12-25-13-10-16(11-14-25)23-22(26)19-8-4-7-18-17-6-2-3-9-20(17)24-21(18)19/h4,7-8,16,24H,2-3,5-6,9-15H2,1H3,(H,23,26). The molecule has 0 radical (unpaired) electrons. The molecule has 4 rings (SSSR count). The van der Waals surface area contributed by atoms with Crippen LogP contribution in [0.2, 0.25) is 0 Å². The van der Waals surface area contributed by atoms with Crippen LogP contribution in [-0.2, 0) is 17.6 Å². The Morgan fingerprint density at radius 2 is 2.07 bits per heavy atom. The number of nitrogens with one attached hydrogen (secondary N) is 2. The Bertz CT molecular complexity index is 790. The van der Waals surface area contributed by atoms with Crippen molar-refractivity contribution in [3.63, 3.8) is 0 Å². The molecule has 1 aliphatic heterocycles. The summed E-state index contributed by atoms with van der Waals surface area (Å²) in [5.74, 6) is 0.0667. The summed E-state index contributed by atoms with van der Waals surface area (Å²) in [6.45, 7) is 4.01. The monoisotopic (exact) mass is 369 g/mol. The van der Waals surface area contributed by atoms with Gasteiger partial charge in [-0.25, -0.2) is 0 Å². The molecule has 1 aromatic carbocycles. The van der Waals surface area contributed by atoms with Crippen molar-refractivity contribution >= 4 is 16.8 Å². The maximum atomic E-state index is 13.0. The van der Waals surface area contributed by atoms with Gasteiger partial charge >= 0.3 is 0 Å². The first-order valence-corrected chi connectivity index (χ1v) is 10.4. The van der Waals surface area contributed by atoms with E-state index in [4.69, 9.17) is 4.74 Å². The van der Waals surface area contributed by atoms with Gasteiger partial charge in [0.25, 0.3) is 5.91 Å². The Kier molecular flexibility index (Phi) is 5.79. The molecular formula is C22H31N3O2. The Morgan fingerprint density at radius 3 is 2.89 bits per heavy atom. The first kappa shape index (κ1) is 18.5. The number of nitrogens with zero attached hydrogens (tertiary/aromatic N) is 1. The van der Waals surface area contributed by atoms with Gasteiger partial charge in [-0.1, -0.05) is 12.1 Å². The predicted octanol–water partition coefficient (Wildman–Crippen LogP) is 3.28. The van der Waals surface area contributed by atoms with Crippen LogP contribution in [0, 0.1) is 0 Å². The van der Waals surface area contributed by atoms with E-state index in [1.165, 1.54) is 29.5 Å². The Morgan fingerprint density at radius 1 is 1.26 bits per heavy atom. The average molecular weight is 370 g/mol. The van der Waals surface area contributed by atoms with E-state index in [0.717, 1.165) is 69.4 Å². The molecule has 0 saturated carbocycles. The van der Waals surface area contributed by atoms with E-state index in [1.54, 1.807) is 7.11 Å². The second-order valence-electron chi connectivity index (χ2n) is 7.95. The molecule has 0 atom stereocenters. The summed E-state index contributed by atoms with van der Waals surface area (Å²) >= 11 is 0. The van der Waals surface area contributed by atoms with Crippen LogP contribution < -0.4 is 5.32 Å². The van der Waals surface area contributed by atoms with Crippen molar-refractivity contribution in [2.45, 2.75) is 51.0 Å². The van der Waals surface area contributed by atoms with Crippen molar-refractivity contribution in [1.82, 2.24) is 15.2 Å². The minimum Gasteiger partial charge on any atom is -0.385 e. The summed E-state index contributed by atoms with van der Waals surface area (Å²) in [6, 6.07) is 6.42. The lowest BCUT2D eigenvalue weighted by molar-refractivity contribution is 0.0908. The molecule has 146 valence electrons. The topological polar surface area (TPSA) is 57.4 Å². The SMILES string of the molecule is COCCCN1CCC(NC(=O)c2cccc3c4c([nH]c23)CCCC4)CC1. The number of fused-ring (bicyclic) bond motifs is 3. The lowest BCUT2D eigenvalue weighted by Crippen LogP contribution is -2.45. The highest BCUT2D eigenvalue weighted by Gasteiger charge is 2.23. The number of methoxy groups -OCH3 is 1. The van der Waals surface area contributed by atoms with Crippen molar-refractivity contribution in [2.75, 3.05) is 33.4 Å². The lowest BCUT2D eigenvalue weighted by Gasteiger charge is -2.32. The van der Waals surface area contributed by atoms with E-state index >= 15 is 0 Å². The molecule has 0 unspecified atom stereocenters. The number of carbonyl (C=O) groups is 1. The van der Waals surface area contributed by atoms with Gasteiger partial charge in [-0.2, -0.15) is 0 Å². The van der Waals surface area contributed by atoms with Gasteiger partial charge in [0.2, 0.25) is 0 Å². The molecule has 1 saturated heterocycles. The molecule has 0 spiro atoms. The number of H-pyrrole nitrogens is 1. The van der Waals surface area contributed by atoms with Crippen LogP contribution in [0.5, 0.6) is 0 Å². The van der Waals surface area contributed by atoms with Gasteiger partial charge in [0.1, 0.15) is 0 Å². The average Bonchev–Trinajstić information content (AvgIpc) is 3.08. The highest BCUT2D eigenvalue weighted by atomic mass is 16.5. The number of hydrogen-bond donors (Lipinski definition) is 2. The summed E-state index contributed by atoms with van der Waals surface area (Å²) in [6.07, 6.45) is 7.84. The van der Waals surface area contributed by atoms with E-state index in [0.29, 0.717) is 0 Å². The Labute approximate surface area is 161 Å². The number of rotatable bonds is 6. The molecule has 5 heteroatoms. The van der Waals surface area contributed by atoms with E-state index in [9.17, 15) is 4.79 Å². The fourth-order valence-corrected chi connectivity index (χ4v) is 4.62. The minimum atomic E-state index is 0.0667. The molecule has 2 N–H and O–H groups in total. The molecule has 0 bridgehead atoms. The van der Waals surface area contributed by atoms with Crippen LogP contribution in [0.15, 0.2) is 18.2 Å². The maximum absolute atomic E-state index is 13.0. The molecule has 2 aliphatic rings. The Balaban J connectivity index is 1.40. The first-order chi connectivity index (χ1) is 13.3. The second-order valence-corrected chi connectivity index (χ2v) is 7.95. The number of carbonyl (C=O) groups excluding carboxylic acids is 1. The zero-order valence-corrected chi connectivity index (χ0v) is 16.4. The number of likely N-dealkylation sites (tertiary alicyclic amines) is 1. The van der Waals surface area contributed by atoms with Crippen LogP contribution >= 0.6 is 0 Å². The van der Waals surface area contributed by atoms with Gasteiger partial charge in [-0.05, 0) is 56.6 Å². The predicted molar refractivity (Wildman–Crippen MR) is 108 cm³/mol. The highest BCUT2D eigenvalue weighted by Crippen LogP contribution is 2.30. The summed E-state index contributed by atoms with van der Waals surface area (Å²) < 4.78 is 5.13. The minimum absolute atomic E-state index is 0.0667. The number of aryl methyl sites for hydroxylation is 2. The highest BCUT2D eigenvalue weighted by molar-refractivity contribution is 6.07. The molecule has 1 aromatic heterocycles. The molecule has 1 amide bonds. The zero-order chi connectivity index (χ0) is 18.6. The van der Waals surface area contributed by atoms with Crippen LogP contribution in [0.4, 0.5) is 0 Å². The smallest absolute Gasteiger partial charge is 0.253 e. The second kappa shape index (κ2) is 8.44. The Hall–Kier alpha value is -1.85. The number of aromatic nitrogens is 1. The van der Waals surface area contributed by atoms with Crippen molar-refractivity contribution in [1.29, 1.82) is 0 Å². The number of piperidine rings is 1. The van der Waals surface area contributed by atoms with Crippen molar-refractivity contribution in [3.05, 3.63) is 35.0 Å². The van der Waals surface area contributed by atoms with Crippen LogP contribution in [0.25, 0.3) is 10.9 Å². The molecule has 2 aromatic rings. The fourth-order valence-electron chi connectivity index (χ4n) is 4.62. The fraction of sp³-hybridized carbons (Fsp3) is 0.591. The van der Waals surface area contributed by atoms with Gasteiger partial charge in [0.05, 0.1) is 11.1 Å². The van der Waals surface area contributed by atoms with Crippen LogP contribution in [-0.4, -0.2) is 55.2 Å². The van der Waals surface area contributed by atoms with Crippen LogP contribution in [0.1, 0.15) is 53.7 Å². The molecule has 27 heavy (non-hydrogen) atoms. The maximum Gasteiger partial charge on any atom is 0.253 e. The number of amides is 1. The van der Waals surface area contributed by atoms with Crippen molar-refractivity contribution in [2.24, 2.45) is 0 Å². The summed E-state index contributed by atoms with van der Waals surface area (Å²) in [5.41, 5.74) is 4.58. The summed E-state index contributed by atoms with van der Waals surface area (Å²) in [7, 11) is 1.75. The molecule has 5 nitrogen and oxygen atoms in total. The zero-order valence-electron chi connectivity index (χ0n) is 16.4. The molecular weight excluding hydrogens is 338 g/mol. The van der Waals surface area contributed by atoms with E-state index in [1.807, 2.05) is 12.1 Å². The quantitative estimate of drug-likeness (QED) is 0.769. The number of ether oxygens (including phenoxy) is 1. The van der Waals surface area contributed by atoms with Gasteiger partial charge in [-0.3, -0.25) is 4.79 Å². The normalized spacial score (nSPS) is 18.6. The largest absolute Gasteiger partial charge is 0.385 e. The van der Waals surface area contributed by atoms with E-state index < -0.39 is 0 Å². The third-order valence-corrected chi connectivity index (χ3v) is 6.12. The third-order valence-electron chi connectivity index (χ3n) is 6.12. The number of benzene rings is 1. The molecule has 1 aliphatic carbocycles. The van der Waals surface area contributed by atoms with Crippen molar-refractivity contribution in [3.8, 4) is 0 Å². The number of hydrogen-bond acceptors (Lipinski definition) is 3. The van der Waals surface area contributed by atoms with E-state index in [-0.39, 0.29) is 11.9 Å². The molecule has 2 heterocycles. The van der Waals surface area contributed by atoms with Gasteiger partial charge in [-0.15, -0.1) is 0 Å². The van der Waals surface area contributed by atoms with Gasteiger partial charge in [0, 0.05) is 50.5 Å². The van der Waals surface area contributed by atoms with Crippen molar-refractivity contribution < 1.29 is 9.53 Å². The first-order valence-electron chi connectivity index (χ1n) is 10.4. The van der Waals surface area contributed by atoms with Crippen LogP contribution in [0.3, 0.4) is 0 Å². The number of aromatic amines is 1. The van der Waals surface area contributed by atoms with E-state index in [2.05, 4.69) is 21.3 Å². The summed E-state index contributed by atoms with van der Waals surface area (Å²) in [5, 5.41) is 4.53. The lowest BCUT2D eigenvalue weighted by atomic mass is 9.95. The van der Waals surface area contributed by atoms with Gasteiger partial charge in [0.15, 0.2) is 0 Å². The summed E-state index contributed by atoms with van der Waals surface area (Å²) in [4.78, 5) is 19.0.